The van der Waals surface area contributed by atoms with Crippen molar-refractivity contribution in [1.82, 2.24) is 10.6 Å². The zero-order valence-corrected chi connectivity index (χ0v) is 11.5. The number of nitrogens with one attached hydrogen (secondary N) is 2. The lowest BCUT2D eigenvalue weighted by atomic mass is 9.92. The molecule has 1 aromatic rings. The normalized spacial score (nSPS) is 11.3. The third-order valence-electron chi connectivity index (χ3n) is 3.05. The molecule has 0 fully saturated rings. The number of carbonyl (C=O) groups excluding carboxylic acids is 1. The SMILES string of the molecule is CNC(=O)C(C)(C)CNCc1cccc(C)c1O. The Kier molecular flexibility index (Phi) is 4.73. The van der Waals surface area contributed by atoms with E-state index in [4.69, 9.17) is 0 Å². The second-order valence-electron chi connectivity index (χ2n) is 5.15. The third kappa shape index (κ3) is 3.47. The van der Waals surface area contributed by atoms with Gasteiger partial charge in [0.2, 0.25) is 5.91 Å². The summed E-state index contributed by atoms with van der Waals surface area (Å²) in [6.07, 6.45) is 0. The van der Waals surface area contributed by atoms with Gasteiger partial charge < -0.3 is 15.7 Å². The number of aryl methyl sites for hydroxylation is 1. The van der Waals surface area contributed by atoms with Crippen LogP contribution in [0.1, 0.15) is 25.0 Å². The second-order valence-corrected chi connectivity index (χ2v) is 5.15. The molecular formula is C14H22N2O2. The number of rotatable bonds is 5. The fraction of sp³-hybridized carbons (Fsp3) is 0.500. The van der Waals surface area contributed by atoms with Gasteiger partial charge in [-0.05, 0) is 26.3 Å². The van der Waals surface area contributed by atoms with Gasteiger partial charge in [-0.25, -0.2) is 0 Å². The van der Waals surface area contributed by atoms with Crippen molar-refractivity contribution < 1.29 is 9.90 Å². The maximum atomic E-state index is 11.6. The zero-order valence-electron chi connectivity index (χ0n) is 11.5. The predicted molar refractivity (Wildman–Crippen MR) is 72.4 cm³/mol. The van der Waals surface area contributed by atoms with E-state index >= 15 is 0 Å². The van der Waals surface area contributed by atoms with Crippen molar-refractivity contribution in [3.63, 3.8) is 0 Å². The van der Waals surface area contributed by atoms with Crippen LogP contribution in [0.2, 0.25) is 0 Å². The Morgan fingerprint density at radius 1 is 1.39 bits per heavy atom. The average Bonchev–Trinajstić information content (AvgIpc) is 2.33. The summed E-state index contributed by atoms with van der Waals surface area (Å²) < 4.78 is 0. The molecule has 1 aromatic carbocycles. The van der Waals surface area contributed by atoms with E-state index in [-0.39, 0.29) is 5.91 Å². The molecule has 0 saturated carbocycles. The molecule has 3 N–H and O–H groups in total. The van der Waals surface area contributed by atoms with Crippen molar-refractivity contribution in [2.45, 2.75) is 27.3 Å². The molecule has 0 atom stereocenters. The molecule has 0 aliphatic carbocycles. The zero-order chi connectivity index (χ0) is 13.8. The first-order chi connectivity index (χ1) is 8.38. The number of benzene rings is 1. The van der Waals surface area contributed by atoms with Crippen LogP contribution in [0.4, 0.5) is 0 Å². The summed E-state index contributed by atoms with van der Waals surface area (Å²) in [7, 11) is 1.64. The number of hydrogen-bond donors (Lipinski definition) is 3. The lowest BCUT2D eigenvalue weighted by molar-refractivity contribution is -0.128. The highest BCUT2D eigenvalue weighted by Crippen LogP contribution is 2.21. The minimum Gasteiger partial charge on any atom is -0.507 e. The van der Waals surface area contributed by atoms with Gasteiger partial charge in [0.25, 0.3) is 0 Å². The Hall–Kier alpha value is -1.55. The number of phenols is 1. The van der Waals surface area contributed by atoms with Crippen LogP contribution >= 0.6 is 0 Å². The molecule has 1 rings (SSSR count). The lowest BCUT2D eigenvalue weighted by Gasteiger charge is -2.23. The summed E-state index contributed by atoms with van der Waals surface area (Å²) in [6.45, 7) is 6.74. The van der Waals surface area contributed by atoms with Crippen LogP contribution in [-0.2, 0) is 11.3 Å². The number of phenolic OH excluding ortho intramolecular Hbond substituents is 1. The van der Waals surface area contributed by atoms with Crippen molar-refractivity contribution >= 4 is 5.91 Å². The summed E-state index contributed by atoms with van der Waals surface area (Å²) in [5.74, 6) is 0.325. The van der Waals surface area contributed by atoms with Crippen molar-refractivity contribution in [2.75, 3.05) is 13.6 Å². The highest BCUT2D eigenvalue weighted by molar-refractivity contribution is 5.81. The number of amides is 1. The molecule has 0 saturated heterocycles. The molecule has 4 nitrogen and oxygen atoms in total. The molecule has 18 heavy (non-hydrogen) atoms. The van der Waals surface area contributed by atoms with Crippen molar-refractivity contribution in [3.8, 4) is 5.75 Å². The summed E-state index contributed by atoms with van der Waals surface area (Å²) >= 11 is 0. The summed E-state index contributed by atoms with van der Waals surface area (Å²) in [5, 5.41) is 15.7. The molecule has 0 aliphatic heterocycles. The molecule has 100 valence electrons. The molecule has 0 aromatic heterocycles. The van der Waals surface area contributed by atoms with Gasteiger partial charge in [0.15, 0.2) is 0 Å². The van der Waals surface area contributed by atoms with Gasteiger partial charge in [-0.15, -0.1) is 0 Å². The number of aromatic hydroxyl groups is 1. The smallest absolute Gasteiger partial charge is 0.226 e. The molecule has 0 aliphatic rings. The predicted octanol–water partition coefficient (Wildman–Crippen LogP) is 1.56. The Balaban J connectivity index is 2.57. The molecule has 0 radical (unpaired) electrons. The van der Waals surface area contributed by atoms with Crippen LogP contribution in [0.25, 0.3) is 0 Å². The first-order valence-electron chi connectivity index (χ1n) is 6.09. The van der Waals surface area contributed by atoms with Gasteiger partial charge in [0, 0.05) is 25.7 Å². The second kappa shape index (κ2) is 5.87. The molecule has 0 spiro atoms. The van der Waals surface area contributed by atoms with E-state index in [1.54, 1.807) is 7.05 Å². The van der Waals surface area contributed by atoms with Gasteiger partial charge >= 0.3 is 0 Å². The van der Waals surface area contributed by atoms with Crippen molar-refractivity contribution in [1.29, 1.82) is 0 Å². The topological polar surface area (TPSA) is 61.4 Å². The van der Waals surface area contributed by atoms with Crippen molar-refractivity contribution in [2.24, 2.45) is 5.41 Å². The summed E-state index contributed by atoms with van der Waals surface area (Å²) in [5.41, 5.74) is 1.25. The van der Waals surface area contributed by atoms with Crippen LogP contribution in [0.3, 0.4) is 0 Å². The number of para-hydroxylation sites is 1. The highest BCUT2D eigenvalue weighted by Gasteiger charge is 2.25. The van der Waals surface area contributed by atoms with Crippen LogP contribution in [0.15, 0.2) is 18.2 Å². The van der Waals surface area contributed by atoms with E-state index in [1.165, 1.54) is 0 Å². The van der Waals surface area contributed by atoms with Crippen LogP contribution in [0, 0.1) is 12.3 Å². The standard InChI is InChI=1S/C14H22N2O2/c1-10-6-5-7-11(12(10)17)8-16-9-14(2,3)13(18)15-4/h5-7,16-17H,8-9H2,1-4H3,(H,15,18). The first-order valence-corrected chi connectivity index (χ1v) is 6.09. The van der Waals surface area contributed by atoms with Gasteiger partial charge in [-0.1, -0.05) is 18.2 Å². The Bertz CT molecular complexity index is 428. The van der Waals surface area contributed by atoms with E-state index in [2.05, 4.69) is 10.6 Å². The Labute approximate surface area is 108 Å². The fourth-order valence-electron chi connectivity index (χ4n) is 1.79. The van der Waals surface area contributed by atoms with E-state index in [0.717, 1.165) is 11.1 Å². The van der Waals surface area contributed by atoms with Gasteiger partial charge in [-0.2, -0.15) is 0 Å². The Morgan fingerprint density at radius 2 is 2.06 bits per heavy atom. The fourth-order valence-corrected chi connectivity index (χ4v) is 1.79. The van der Waals surface area contributed by atoms with E-state index in [0.29, 0.717) is 18.8 Å². The molecule has 4 heteroatoms. The number of carbonyl (C=O) groups is 1. The number of hydrogen-bond acceptors (Lipinski definition) is 3. The lowest BCUT2D eigenvalue weighted by Crippen LogP contribution is -2.41. The van der Waals surface area contributed by atoms with Crippen LogP contribution < -0.4 is 10.6 Å². The van der Waals surface area contributed by atoms with Crippen LogP contribution in [-0.4, -0.2) is 24.6 Å². The quantitative estimate of drug-likeness (QED) is 0.743. The molecule has 1 amide bonds. The highest BCUT2D eigenvalue weighted by atomic mass is 16.3. The van der Waals surface area contributed by atoms with Gasteiger partial charge in [-0.3, -0.25) is 4.79 Å². The van der Waals surface area contributed by atoms with E-state index in [9.17, 15) is 9.90 Å². The molecular weight excluding hydrogens is 228 g/mol. The third-order valence-corrected chi connectivity index (χ3v) is 3.05. The molecule has 0 bridgehead atoms. The summed E-state index contributed by atoms with van der Waals surface area (Å²) in [6, 6.07) is 5.66. The summed E-state index contributed by atoms with van der Waals surface area (Å²) in [4.78, 5) is 11.6. The maximum absolute atomic E-state index is 11.6. The van der Waals surface area contributed by atoms with Crippen molar-refractivity contribution in [3.05, 3.63) is 29.3 Å². The van der Waals surface area contributed by atoms with Gasteiger partial charge in [0.1, 0.15) is 5.75 Å². The van der Waals surface area contributed by atoms with Crippen LogP contribution in [0.5, 0.6) is 5.75 Å². The van der Waals surface area contributed by atoms with Gasteiger partial charge in [0.05, 0.1) is 5.41 Å². The minimum absolute atomic E-state index is 0.00321. The van der Waals surface area contributed by atoms with E-state index < -0.39 is 5.41 Å². The minimum atomic E-state index is -0.464. The maximum Gasteiger partial charge on any atom is 0.226 e. The van der Waals surface area contributed by atoms with E-state index in [1.807, 2.05) is 39.0 Å². The Morgan fingerprint density at radius 3 is 2.67 bits per heavy atom. The molecule has 0 unspecified atom stereocenters. The first kappa shape index (κ1) is 14.5. The average molecular weight is 250 g/mol. The molecule has 0 heterocycles. The largest absolute Gasteiger partial charge is 0.507 e. The monoisotopic (exact) mass is 250 g/mol.